The predicted octanol–water partition coefficient (Wildman–Crippen LogP) is 1.71. The van der Waals surface area contributed by atoms with Gasteiger partial charge in [0, 0.05) is 4.43 Å². The van der Waals surface area contributed by atoms with Gasteiger partial charge >= 0.3 is 5.97 Å². The Kier molecular flexibility index (Phi) is 2.81. The van der Waals surface area contributed by atoms with Crippen LogP contribution in [0, 0.1) is 0 Å². The van der Waals surface area contributed by atoms with E-state index in [0.29, 0.717) is 0 Å². The highest BCUT2D eigenvalue weighted by Gasteiger charge is 2.03. The number of halogens is 1. The molecule has 0 spiro atoms. The van der Waals surface area contributed by atoms with Gasteiger partial charge in [0.2, 0.25) is 0 Å². The van der Waals surface area contributed by atoms with Gasteiger partial charge in [-0.05, 0) is 12.1 Å². The second-order valence-corrected chi connectivity index (χ2v) is 2.72. The lowest BCUT2D eigenvalue weighted by atomic mass is 10.3. The molecule has 11 heavy (non-hydrogen) atoms. The highest BCUT2D eigenvalue weighted by Crippen LogP contribution is 2.03. The van der Waals surface area contributed by atoms with Crippen LogP contribution in [-0.4, -0.2) is 16.1 Å². The van der Waals surface area contributed by atoms with Crippen molar-refractivity contribution >= 4 is 28.6 Å². The number of aromatic nitrogens is 1. The Hall–Kier alpha value is -0.650. The fourth-order valence-corrected chi connectivity index (χ4v) is 1.10. The summed E-state index contributed by atoms with van der Waals surface area (Å²) in [5, 5.41) is 8.54. The zero-order valence-corrected chi connectivity index (χ0v) is 7.78. The van der Waals surface area contributed by atoms with E-state index in [4.69, 9.17) is 5.11 Å². The normalized spacial score (nSPS) is 9.55. The van der Waals surface area contributed by atoms with Gasteiger partial charge in [-0.3, -0.25) is 0 Å². The highest BCUT2D eigenvalue weighted by atomic mass is 127. The van der Waals surface area contributed by atoms with Crippen LogP contribution in [0.15, 0.2) is 18.2 Å². The Balaban J connectivity index is 3.01. The van der Waals surface area contributed by atoms with E-state index in [9.17, 15) is 4.79 Å². The minimum absolute atomic E-state index is 0.110. The molecule has 0 unspecified atom stereocenters. The number of carboxylic acid groups (broad SMARTS) is 1. The van der Waals surface area contributed by atoms with E-state index in [2.05, 4.69) is 27.6 Å². The summed E-state index contributed by atoms with van der Waals surface area (Å²) < 4.78 is 0.735. The molecule has 0 saturated heterocycles. The summed E-state index contributed by atoms with van der Waals surface area (Å²) in [4.78, 5) is 14.3. The van der Waals surface area contributed by atoms with Crippen molar-refractivity contribution in [3.8, 4) is 0 Å². The van der Waals surface area contributed by atoms with E-state index in [1.807, 2.05) is 0 Å². The van der Waals surface area contributed by atoms with Gasteiger partial charge in [-0.1, -0.05) is 28.7 Å². The molecular formula is C7H6INO2. The molecule has 1 heterocycles. The monoisotopic (exact) mass is 263 g/mol. The first kappa shape index (κ1) is 8.45. The van der Waals surface area contributed by atoms with Crippen molar-refractivity contribution in [1.82, 2.24) is 4.98 Å². The minimum Gasteiger partial charge on any atom is -0.477 e. The second kappa shape index (κ2) is 3.66. The fraction of sp³-hybridized carbons (Fsp3) is 0.143. The molecule has 58 valence electrons. The number of hydrogen-bond acceptors (Lipinski definition) is 2. The lowest BCUT2D eigenvalue weighted by molar-refractivity contribution is 0.0690. The zero-order valence-electron chi connectivity index (χ0n) is 5.62. The van der Waals surface area contributed by atoms with Crippen LogP contribution >= 0.6 is 22.6 Å². The number of aromatic carboxylic acids is 1. The lowest BCUT2D eigenvalue weighted by Crippen LogP contribution is -2.01. The molecule has 0 radical (unpaired) electrons. The van der Waals surface area contributed by atoms with E-state index < -0.39 is 5.97 Å². The van der Waals surface area contributed by atoms with Gasteiger partial charge < -0.3 is 5.11 Å². The number of rotatable bonds is 2. The smallest absolute Gasteiger partial charge is 0.354 e. The molecule has 0 amide bonds. The Morgan fingerprint density at radius 1 is 1.64 bits per heavy atom. The molecule has 0 aliphatic heterocycles. The second-order valence-electron chi connectivity index (χ2n) is 1.95. The number of pyridine rings is 1. The Morgan fingerprint density at radius 2 is 2.36 bits per heavy atom. The van der Waals surface area contributed by atoms with E-state index in [0.717, 1.165) is 10.1 Å². The summed E-state index contributed by atoms with van der Waals surface area (Å²) in [5.41, 5.74) is 0.907. The van der Waals surface area contributed by atoms with E-state index in [-0.39, 0.29) is 5.69 Å². The van der Waals surface area contributed by atoms with Gasteiger partial charge in [-0.25, -0.2) is 9.78 Å². The van der Waals surface area contributed by atoms with Crippen molar-refractivity contribution in [2.24, 2.45) is 0 Å². The molecular weight excluding hydrogens is 257 g/mol. The zero-order chi connectivity index (χ0) is 8.27. The van der Waals surface area contributed by atoms with Gasteiger partial charge in [0.15, 0.2) is 0 Å². The lowest BCUT2D eigenvalue weighted by Gasteiger charge is -1.95. The molecule has 0 saturated carbocycles. The van der Waals surface area contributed by atoms with Gasteiger partial charge in [0.25, 0.3) is 0 Å². The third kappa shape index (κ3) is 2.14. The average molecular weight is 263 g/mol. The Labute approximate surface area is 77.6 Å². The first-order valence-corrected chi connectivity index (χ1v) is 4.52. The first-order valence-electron chi connectivity index (χ1n) is 2.99. The van der Waals surface area contributed by atoms with E-state index in [1.165, 1.54) is 6.07 Å². The number of carbonyl (C=O) groups is 1. The molecule has 0 aliphatic carbocycles. The SMILES string of the molecule is O=C(O)c1cccc(CI)n1. The van der Waals surface area contributed by atoms with Crippen molar-refractivity contribution < 1.29 is 9.90 Å². The molecule has 0 aromatic carbocycles. The molecule has 0 bridgehead atoms. The van der Waals surface area contributed by atoms with Gasteiger partial charge in [-0.2, -0.15) is 0 Å². The summed E-state index contributed by atoms with van der Waals surface area (Å²) in [7, 11) is 0. The molecule has 4 heteroatoms. The average Bonchev–Trinajstić information content (AvgIpc) is 2.05. The van der Waals surface area contributed by atoms with Crippen molar-refractivity contribution in [2.75, 3.05) is 0 Å². The molecule has 1 aromatic heterocycles. The summed E-state index contributed by atoms with van der Waals surface area (Å²) in [6, 6.07) is 4.99. The molecule has 0 fully saturated rings. The van der Waals surface area contributed by atoms with Crippen LogP contribution in [0.1, 0.15) is 16.2 Å². The molecule has 0 aliphatic rings. The van der Waals surface area contributed by atoms with Crippen LogP contribution in [0.5, 0.6) is 0 Å². The summed E-state index contributed by atoms with van der Waals surface area (Å²) in [5.74, 6) is -0.975. The van der Waals surface area contributed by atoms with Crippen molar-refractivity contribution in [2.45, 2.75) is 4.43 Å². The van der Waals surface area contributed by atoms with Crippen molar-refractivity contribution in [3.05, 3.63) is 29.6 Å². The van der Waals surface area contributed by atoms with Gasteiger partial charge in [0.05, 0.1) is 5.69 Å². The third-order valence-corrected chi connectivity index (χ3v) is 1.94. The number of nitrogens with zero attached hydrogens (tertiary/aromatic N) is 1. The summed E-state index contributed by atoms with van der Waals surface area (Å²) in [6.07, 6.45) is 0. The number of hydrogen-bond donors (Lipinski definition) is 1. The fourth-order valence-electron chi connectivity index (χ4n) is 0.673. The molecule has 0 atom stereocenters. The summed E-state index contributed by atoms with van der Waals surface area (Å²) >= 11 is 2.14. The highest BCUT2D eigenvalue weighted by molar-refractivity contribution is 14.1. The first-order chi connectivity index (χ1) is 5.24. The van der Waals surface area contributed by atoms with Crippen LogP contribution in [0.2, 0.25) is 0 Å². The maximum atomic E-state index is 10.4. The quantitative estimate of drug-likeness (QED) is 0.652. The van der Waals surface area contributed by atoms with Crippen molar-refractivity contribution in [3.63, 3.8) is 0 Å². The van der Waals surface area contributed by atoms with Crippen LogP contribution < -0.4 is 0 Å². The Morgan fingerprint density at radius 3 is 2.91 bits per heavy atom. The maximum Gasteiger partial charge on any atom is 0.354 e. The molecule has 1 N–H and O–H groups in total. The third-order valence-electron chi connectivity index (χ3n) is 1.16. The molecule has 3 nitrogen and oxygen atoms in total. The van der Waals surface area contributed by atoms with Gasteiger partial charge in [0.1, 0.15) is 5.69 Å². The van der Waals surface area contributed by atoms with Crippen LogP contribution in [-0.2, 0) is 4.43 Å². The Bertz CT molecular complexity index is 275. The maximum absolute atomic E-state index is 10.4. The number of alkyl halides is 1. The van der Waals surface area contributed by atoms with Gasteiger partial charge in [-0.15, -0.1) is 0 Å². The van der Waals surface area contributed by atoms with Crippen LogP contribution in [0.3, 0.4) is 0 Å². The topological polar surface area (TPSA) is 50.2 Å². The van der Waals surface area contributed by atoms with Crippen molar-refractivity contribution in [1.29, 1.82) is 0 Å². The van der Waals surface area contributed by atoms with E-state index in [1.54, 1.807) is 12.1 Å². The molecule has 1 aromatic rings. The largest absolute Gasteiger partial charge is 0.477 e. The van der Waals surface area contributed by atoms with E-state index >= 15 is 0 Å². The number of carboxylic acids is 1. The van der Waals surface area contributed by atoms with Crippen LogP contribution in [0.25, 0.3) is 0 Å². The predicted molar refractivity (Wildman–Crippen MR) is 48.9 cm³/mol. The van der Waals surface area contributed by atoms with Crippen LogP contribution in [0.4, 0.5) is 0 Å². The minimum atomic E-state index is -0.975. The summed E-state index contributed by atoms with van der Waals surface area (Å²) in [6.45, 7) is 0. The standard InChI is InChI=1S/C7H6INO2/c8-4-5-2-1-3-6(9-5)7(10)11/h1-3H,4H2,(H,10,11). The molecule has 1 rings (SSSR count).